The maximum absolute atomic E-state index is 12.2. The van der Waals surface area contributed by atoms with E-state index in [-0.39, 0.29) is 43.5 Å². The molecule has 1 amide bonds. The van der Waals surface area contributed by atoms with Crippen LogP contribution in [0.25, 0.3) is 5.57 Å². The van der Waals surface area contributed by atoms with E-state index in [2.05, 4.69) is 26.8 Å². The number of aliphatic hydroxyl groups is 1. The topological polar surface area (TPSA) is 97.5 Å². The summed E-state index contributed by atoms with van der Waals surface area (Å²) in [5, 5.41) is 20.9. The van der Waals surface area contributed by atoms with Gasteiger partial charge in [-0.15, -0.1) is 23.4 Å². The Labute approximate surface area is 181 Å². The minimum absolute atomic E-state index is 0.148. The average Bonchev–Trinajstić information content (AvgIpc) is 3.15. The number of amides is 1. The molecule has 0 spiro atoms. The number of carbonyl (C=O) groups excluding carboxylic acids is 1. The largest absolute Gasteiger partial charge is 0.522 e. The molecule has 1 saturated carbocycles. The summed E-state index contributed by atoms with van der Waals surface area (Å²) in [6.07, 6.45) is -6.03. The number of nitrogens with one attached hydrogen (secondary N) is 1. The van der Waals surface area contributed by atoms with Gasteiger partial charge in [0.05, 0.1) is 6.10 Å². The summed E-state index contributed by atoms with van der Waals surface area (Å²) < 4.78 is 46.0. The third-order valence-electron chi connectivity index (χ3n) is 4.86. The Morgan fingerprint density at radius 1 is 1.32 bits per heavy atom. The number of ether oxygens (including phenoxy) is 1. The zero-order valence-corrected chi connectivity index (χ0v) is 17.1. The lowest BCUT2D eigenvalue weighted by Crippen LogP contribution is -2.36. The number of hydrogen-bond acceptors (Lipinski definition) is 6. The maximum Gasteiger partial charge on any atom is 0.522 e. The molecular weight excluding hydrogens is 439 g/mol. The zero-order chi connectivity index (χ0) is 22.6. The van der Waals surface area contributed by atoms with E-state index in [1.165, 1.54) is 0 Å². The summed E-state index contributed by atoms with van der Waals surface area (Å²) in [4.78, 5) is 12.0. The van der Waals surface area contributed by atoms with E-state index >= 15 is 0 Å². The first-order chi connectivity index (χ1) is 14.6. The van der Waals surface area contributed by atoms with Gasteiger partial charge in [0.1, 0.15) is 6.10 Å². The second-order valence-corrected chi connectivity index (χ2v) is 7.73. The van der Waals surface area contributed by atoms with Crippen LogP contribution < -0.4 is 5.32 Å². The van der Waals surface area contributed by atoms with Crippen molar-refractivity contribution in [3.05, 3.63) is 53.2 Å². The van der Waals surface area contributed by atoms with Gasteiger partial charge in [-0.2, -0.15) is 0 Å². The molecule has 31 heavy (non-hydrogen) atoms. The monoisotopic (exact) mass is 459 g/mol. The molecule has 1 aromatic heterocycles. The minimum Gasteiger partial charge on any atom is -0.421 e. The maximum atomic E-state index is 12.2. The van der Waals surface area contributed by atoms with Crippen LogP contribution in [0.2, 0.25) is 5.02 Å². The van der Waals surface area contributed by atoms with Crippen molar-refractivity contribution in [2.45, 2.75) is 50.2 Å². The molecule has 2 N–H and O–H groups in total. The second kappa shape index (κ2) is 9.80. The Hall–Kier alpha value is -2.43. The van der Waals surface area contributed by atoms with Crippen molar-refractivity contribution >= 4 is 23.1 Å². The molecule has 0 bridgehead atoms. The Balaban J connectivity index is 1.39. The van der Waals surface area contributed by atoms with Crippen molar-refractivity contribution in [1.29, 1.82) is 0 Å². The highest BCUT2D eigenvalue weighted by Gasteiger charge is 2.42. The fourth-order valence-corrected chi connectivity index (χ4v) is 3.22. The van der Waals surface area contributed by atoms with Crippen LogP contribution in [-0.2, 0) is 16.0 Å². The Morgan fingerprint density at radius 3 is 2.65 bits per heavy atom. The number of nitrogens with zero attached hydrogens (tertiary/aromatic N) is 2. The standard InChI is InChI=1S/C20H21ClF3N3O4/c1-11(6-7-25-17(29)16(28)8-12-2-4-14(21)5-3-12)18-26-27-19(30-18)13-9-15(10-13)31-20(22,23)24/h2-5,13,15-16,28H,1,6-10H2,(H,25,29)/t13-,15+,16?. The molecule has 1 aromatic carbocycles. The van der Waals surface area contributed by atoms with E-state index in [9.17, 15) is 23.1 Å². The predicted octanol–water partition coefficient (Wildman–Crippen LogP) is 3.63. The van der Waals surface area contributed by atoms with Crippen molar-refractivity contribution < 1.29 is 32.2 Å². The molecule has 7 nitrogen and oxygen atoms in total. The summed E-state index contributed by atoms with van der Waals surface area (Å²) in [6.45, 7) is 4.02. The van der Waals surface area contributed by atoms with Gasteiger partial charge in [0.25, 0.3) is 0 Å². The molecule has 1 fully saturated rings. The number of halogens is 4. The van der Waals surface area contributed by atoms with Crippen LogP contribution in [0, 0.1) is 0 Å². The fourth-order valence-electron chi connectivity index (χ4n) is 3.09. The van der Waals surface area contributed by atoms with Crippen molar-refractivity contribution in [1.82, 2.24) is 15.5 Å². The van der Waals surface area contributed by atoms with Gasteiger partial charge in [0, 0.05) is 29.5 Å². The van der Waals surface area contributed by atoms with Gasteiger partial charge in [-0.25, -0.2) is 0 Å². The Morgan fingerprint density at radius 2 is 2.00 bits per heavy atom. The van der Waals surface area contributed by atoms with Gasteiger partial charge in [-0.3, -0.25) is 9.53 Å². The number of aromatic nitrogens is 2. The van der Waals surface area contributed by atoms with Crippen molar-refractivity contribution in [2.24, 2.45) is 0 Å². The molecule has 0 saturated heterocycles. The molecule has 3 rings (SSSR count). The quantitative estimate of drug-likeness (QED) is 0.594. The predicted molar refractivity (Wildman–Crippen MR) is 105 cm³/mol. The normalized spacial score (nSPS) is 19.5. The lowest BCUT2D eigenvalue weighted by Gasteiger charge is -2.32. The van der Waals surface area contributed by atoms with Gasteiger partial charge < -0.3 is 14.8 Å². The lowest BCUT2D eigenvalue weighted by atomic mass is 9.82. The minimum atomic E-state index is -4.66. The first kappa shape index (κ1) is 23.2. The van der Waals surface area contributed by atoms with Crippen LogP contribution in [0.15, 0.2) is 35.3 Å². The first-order valence-electron chi connectivity index (χ1n) is 9.57. The molecule has 0 radical (unpaired) electrons. The van der Waals surface area contributed by atoms with E-state index in [4.69, 9.17) is 16.0 Å². The smallest absolute Gasteiger partial charge is 0.421 e. The molecular formula is C20H21ClF3N3O4. The number of alkyl halides is 3. The van der Waals surface area contributed by atoms with Crippen LogP contribution in [0.4, 0.5) is 13.2 Å². The van der Waals surface area contributed by atoms with E-state index in [0.717, 1.165) is 5.56 Å². The van der Waals surface area contributed by atoms with Gasteiger partial charge in [0.15, 0.2) is 0 Å². The lowest BCUT2D eigenvalue weighted by molar-refractivity contribution is -0.352. The highest BCUT2D eigenvalue weighted by molar-refractivity contribution is 6.30. The molecule has 1 aliphatic carbocycles. The summed E-state index contributed by atoms with van der Waals surface area (Å²) in [7, 11) is 0. The first-order valence-corrected chi connectivity index (χ1v) is 9.95. The van der Waals surface area contributed by atoms with E-state index in [1.54, 1.807) is 24.3 Å². The van der Waals surface area contributed by atoms with Crippen LogP contribution in [0.1, 0.15) is 42.5 Å². The summed E-state index contributed by atoms with van der Waals surface area (Å²) in [6, 6.07) is 6.81. The number of carbonyl (C=O) groups is 1. The summed E-state index contributed by atoms with van der Waals surface area (Å²) >= 11 is 5.81. The molecule has 1 heterocycles. The van der Waals surface area contributed by atoms with E-state index < -0.39 is 24.5 Å². The number of aliphatic hydroxyl groups excluding tert-OH is 1. The van der Waals surface area contributed by atoms with Crippen LogP contribution in [-0.4, -0.2) is 46.3 Å². The van der Waals surface area contributed by atoms with Crippen molar-refractivity contribution in [3.63, 3.8) is 0 Å². The molecule has 11 heteroatoms. The molecule has 2 aromatic rings. The van der Waals surface area contributed by atoms with Crippen molar-refractivity contribution in [3.8, 4) is 0 Å². The molecule has 1 atom stereocenters. The van der Waals surface area contributed by atoms with Gasteiger partial charge in [-0.1, -0.05) is 30.3 Å². The van der Waals surface area contributed by atoms with Crippen LogP contribution >= 0.6 is 11.6 Å². The highest BCUT2D eigenvalue weighted by Crippen LogP contribution is 2.41. The van der Waals surface area contributed by atoms with E-state index in [0.29, 0.717) is 17.0 Å². The van der Waals surface area contributed by atoms with Crippen molar-refractivity contribution in [2.75, 3.05) is 6.54 Å². The van der Waals surface area contributed by atoms with E-state index in [1.807, 2.05) is 0 Å². The van der Waals surface area contributed by atoms with Crippen LogP contribution in [0.3, 0.4) is 0 Å². The third kappa shape index (κ3) is 6.78. The molecule has 0 aliphatic heterocycles. The number of hydrogen-bond donors (Lipinski definition) is 2. The highest BCUT2D eigenvalue weighted by atomic mass is 35.5. The molecule has 168 valence electrons. The zero-order valence-electron chi connectivity index (χ0n) is 16.4. The SMILES string of the molecule is C=C(CCNC(=O)C(O)Cc1ccc(Cl)cc1)c1nnc([C@H]2C[C@@H](OC(F)(F)F)C2)o1. The summed E-state index contributed by atoms with van der Waals surface area (Å²) in [5.41, 5.74) is 1.24. The number of rotatable bonds is 9. The van der Waals surface area contributed by atoms with Crippen LogP contribution in [0.5, 0.6) is 0 Å². The third-order valence-corrected chi connectivity index (χ3v) is 5.11. The molecule has 1 aliphatic rings. The Kier molecular flexibility index (Phi) is 7.34. The van der Waals surface area contributed by atoms with Gasteiger partial charge >= 0.3 is 6.36 Å². The van der Waals surface area contributed by atoms with Gasteiger partial charge in [-0.05, 0) is 37.0 Å². The Bertz CT molecular complexity index is 911. The average molecular weight is 460 g/mol. The fraction of sp³-hybridized carbons (Fsp3) is 0.450. The van der Waals surface area contributed by atoms with Gasteiger partial charge in [0.2, 0.25) is 17.7 Å². The molecule has 1 unspecified atom stereocenters. The second-order valence-electron chi connectivity index (χ2n) is 7.29. The number of benzene rings is 1. The summed E-state index contributed by atoms with van der Waals surface area (Å²) in [5.74, 6) is -0.421.